The molecule has 0 radical (unpaired) electrons. The Hall–Kier alpha value is -0.610. The second-order valence-electron chi connectivity index (χ2n) is 5.96. The predicted octanol–water partition coefficient (Wildman–Crippen LogP) is 1.43. The van der Waals surface area contributed by atoms with E-state index in [-0.39, 0.29) is 35.9 Å². The van der Waals surface area contributed by atoms with Crippen molar-refractivity contribution >= 4 is 35.8 Å². The molecule has 1 unspecified atom stereocenters. The van der Waals surface area contributed by atoms with Crippen LogP contribution in [0.5, 0.6) is 0 Å². The predicted molar refractivity (Wildman–Crippen MR) is 116 cm³/mol. The van der Waals surface area contributed by atoms with Gasteiger partial charge in [0.05, 0.1) is 6.54 Å². The number of likely N-dealkylation sites (N-methyl/N-ethyl adjacent to an activating group) is 1. The molecule has 25 heavy (non-hydrogen) atoms. The number of carbonyl (C=O) groups excluding carboxylic acids is 1. The molecule has 0 saturated carbocycles. The number of aliphatic imine (C=N–C) groups is 1. The summed E-state index contributed by atoms with van der Waals surface area (Å²) in [5.41, 5.74) is 0. The van der Waals surface area contributed by atoms with E-state index < -0.39 is 0 Å². The van der Waals surface area contributed by atoms with Crippen molar-refractivity contribution in [2.45, 2.75) is 46.1 Å². The van der Waals surface area contributed by atoms with E-state index in [9.17, 15) is 4.79 Å². The fourth-order valence-electron chi connectivity index (χ4n) is 2.01. The number of amides is 1. The van der Waals surface area contributed by atoms with Crippen LogP contribution in [0.4, 0.5) is 0 Å². The molecule has 0 fully saturated rings. The third-order valence-electron chi connectivity index (χ3n) is 3.65. The van der Waals surface area contributed by atoms with Gasteiger partial charge < -0.3 is 25.6 Å². The SMILES string of the molecule is CCNC(=NCCN(C)CCCOC)NCCC(=O)NC(C)CC.I. The van der Waals surface area contributed by atoms with Crippen LogP contribution < -0.4 is 16.0 Å². The Balaban J connectivity index is 0. The molecule has 1 atom stereocenters. The molecule has 0 bridgehead atoms. The summed E-state index contributed by atoms with van der Waals surface area (Å²) in [7, 11) is 3.81. The van der Waals surface area contributed by atoms with E-state index >= 15 is 0 Å². The van der Waals surface area contributed by atoms with E-state index in [1.165, 1.54) is 0 Å². The van der Waals surface area contributed by atoms with Gasteiger partial charge in [0.15, 0.2) is 5.96 Å². The zero-order chi connectivity index (χ0) is 18.2. The summed E-state index contributed by atoms with van der Waals surface area (Å²) in [6.07, 6.45) is 2.42. The third kappa shape index (κ3) is 16.6. The summed E-state index contributed by atoms with van der Waals surface area (Å²) < 4.78 is 5.05. The number of hydrogen-bond donors (Lipinski definition) is 3. The van der Waals surface area contributed by atoms with Gasteiger partial charge in [-0.05, 0) is 33.7 Å². The zero-order valence-corrected chi connectivity index (χ0v) is 18.9. The van der Waals surface area contributed by atoms with Crippen molar-refractivity contribution in [1.29, 1.82) is 0 Å². The minimum Gasteiger partial charge on any atom is -0.385 e. The van der Waals surface area contributed by atoms with Crippen molar-refractivity contribution in [1.82, 2.24) is 20.9 Å². The Morgan fingerprint density at radius 2 is 1.96 bits per heavy atom. The molecule has 0 aromatic rings. The van der Waals surface area contributed by atoms with Crippen LogP contribution in [-0.2, 0) is 9.53 Å². The Labute approximate surface area is 170 Å². The number of hydrogen-bond acceptors (Lipinski definition) is 4. The monoisotopic (exact) mass is 471 g/mol. The molecular weight excluding hydrogens is 433 g/mol. The van der Waals surface area contributed by atoms with Gasteiger partial charge in [0.1, 0.15) is 0 Å². The van der Waals surface area contributed by atoms with Gasteiger partial charge in [-0.2, -0.15) is 0 Å². The lowest BCUT2D eigenvalue weighted by Gasteiger charge is -2.16. The number of nitrogens with one attached hydrogen (secondary N) is 3. The number of guanidine groups is 1. The van der Waals surface area contributed by atoms with E-state index in [1.807, 2.05) is 13.8 Å². The minimum atomic E-state index is 0. The highest BCUT2D eigenvalue weighted by molar-refractivity contribution is 14.0. The summed E-state index contributed by atoms with van der Waals surface area (Å²) in [6, 6.07) is 0.230. The quantitative estimate of drug-likeness (QED) is 0.164. The maximum atomic E-state index is 11.8. The molecule has 0 aromatic heterocycles. The van der Waals surface area contributed by atoms with E-state index in [4.69, 9.17) is 4.74 Å². The number of ether oxygens (including phenoxy) is 1. The molecule has 1 amide bonds. The average molecular weight is 471 g/mol. The van der Waals surface area contributed by atoms with Crippen LogP contribution in [0, 0.1) is 0 Å². The summed E-state index contributed by atoms with van der Waals surface area (Å²) in [6.45, 7) is 10.9. The van der Waals surface area contributed by atoms with Crippen molar-refractivity contribution in [2.75, 3.05) is 53.5 Å². The molecule has 0 aliphatic rings. The number of rotatable bonds is 13. The molecule has 0 aliphatic heterocycles. The first-order valence-electron chi connectivity index (χ1n) is 9.02. The Kier molecular flexibility index (Phi) is 19.4. The molecule has 150 valence electrons. The molecule has 0 heterocycles. The lowest BCUT2D eigenvalue weighted by Crippen LogP contribution is -2.40. The maximum absolute atomic E-state index is 11.8. The molecular formula is C17H38IN5O2. The lowest BCUT2D eigenvalue weighted by atomic mass is 10.2. The van der Waals surface area contributed by atoms with Gasteiger partial charge in [-0.3, -0.25) is 9.79 Å². The van der Waals surface area contributed by atoms with Gasteiger partial charge in [0.2, 0.25) is 5.91 Å². The second kappa shape index (κ2) is 18.2. The maximum Gasteiger partial charge on any atom is 0.221 e. The number of nitrogens with zero attached hydrogens (tertiary/aromatic N) is 2. The molecule has 7 nitrogen and oxygen atoms in total. The van der Waals surface area contributed by atoms with Crippen molar-refractivity contribution in [3.8, 4) is 0 Å². The Bertz CT molecular complexity index is 356. The number of carbonyl (C=O) groups is 1. The van der Waals surface area contributed by atoms with Crippen LogP contribution in [-0.4, -0.2) is 76.3 Å². The first kappa shape index (κ1) is 26.6. The third-order valence-corrected chi connectivity index (χ3v) is 3.65. The minimum absolute atomic E-state index is 0. The standard InChI is InChI=1S/C17H37N5O2.HI/c1-6-15(3)21-16(23)9-10-19-17(18-7-2)20-11-13-22(4)12-8-14-24-5;/h15H,6-14H2,1-5H3,(H,21,23)(H2,18,19,20);1H. The van der Waals surface area contributed by atoms with E-state index in [0.717, 1.165) is 51.6 Å². The molecule has 8 heteroatoms. The molecule has 0 spiro atoms. The molecule has 0 aromatic carbocycles. The Morgan fingerprint density at radius 1 is 1.24 bits per heavy atom. The van der Waals surface area contributed by atoms with Gasteiger partial charge in [-0.25, -0.2) is 0 Å². The normalized spacial score (nSPS) is 12.5. The van der Waals surface area contributed by atoms with E-state index in [0.29, 0.717) is 13.0 Å². The van der Waals surface area contributed by atoms with Gasteiger partial charge in [0, 0.05) is 52.4 Å². The highest BCUT2D eigenvalue weighted by Crippen LogP contribution is 1.90. The summed E-state index contributed by atoms with van der Waals surface area (Å²) in [5.74, 6) is 0.838. The first-order chi connectivity index (χ1) is 11.5. The number of methoxy groups -OCH3 is 1. The molecule has 0 rings (SSSR count). The Morgan fingerprint density at radius 3 is 2.56 bits per heavy atom. The topological polar surface area (TPSA) is 78.0 Å². The number of halogens is 1. The summed E-state index contributed by atoms with van der Waals surface area (Å²) >= 11 is 0. The highest BCUT2D eigenvalue weighted by Gasteiger charge is 2.05. The van der Waals surface area contributed by atoms with Crippen molar-refractivity contribution in [3.63, 3.8) is 0 Å². The summed E-state index contributed by atoms with van der Waals surface area (Å²) in [5, 5.41) is 9.37. The fourth-order valence-corrected chi connectivity index (χ4v) is 2.01. The van der Waals surface area contributed by atoms with Crippen LogP contribution >= 0.6 is 24.0 Å². The van der Waals surface area contributed by atoms with Gasteiger partial charge >= 0.3 is 0 Å². The fraction of sp³-hybridized carbons (Fsp3) is 0.882. The zero-order valence-electron chi connectivity index (χ0n) is 16.6. The van der Waals surface area contributed by atoms with Gasteiger partial charge in [0.25, 0.3) is 0 Å². The molecule has 0 saturated heterocycles. The van der Waals surface area contributed by atoms with Gasteiger partial charge in [-0.1, -0.05) is 6.92 Å². The van der Waals surface area contributed by atoms with Crippen molar-refractivity contribution < 1.29 is 9.53 Å². The van der Waals surface area contributed by atoms with Crippen LogP contribution in [0.3, 0.4) is 0 Å². The van der Waals surface area contributed by atoms with Crippen LogP contribution in [0.15, 0.2) is 4.99 Å². The highest BCUT2D eigenvalue weighted by atomic mass is 127. The van der Waals surface area contributed by atoms with Crippen LogP contribution in [0.25, 0.3) is 0 Å². The second-order valence-corrected chi connectivity index (χ2v) is 5.96. The average Bonchev–Trinajstić information content (AvgIpc) is 2.55. The van der Waals surface area contributed by atoms with Crippen molar-refractivity contribution in [3.05, 3.63) is 0 Å². The van der Waals surface area contributed by atoms with Crippen LogP contribution in [0.1, 0.15) is 40.0 Å². The molecule has 3 N–H and O–H groups in total. The van der Waals surface area contributed by atoms with E-state index in [1.54, 1.807) is 7.11 Å². The summed E-state index contributed by atoms with van der Waals surface area (Å²) in [4.78, 5) is 18.5. The largest absolute Gasteiger partial charge is 0.385 e. The van der Waals surface area contributed by atoms with E-state index in [2.05, 4.69) is 39.8 Å². The van der Waals surface area contributed by atoms with Crippen molar-refractivity contribution in [2.24, 2.45) is 4.99 Å². The molecule has 0 aliphatic carbocycles. The van der Waals surface area contributed by atoms with Crippen LogP contribution in [0.2, 0.25) is 0 Å². The first-order valence-corrected chi connectivity index (χ1v) is 9.02. The lowest BCUT2D eigenvalue weighted by molar-refractivity contribution is -0.121. The smallest absolute Gasteiger partial charge is 0.221 e. The van der Waals surface area contributed by atoms with Gasteiger partial charge in [-0.15, -0.1) is 24.0 Å².